The lowest BCUT2D eigenvalue weighted by Crippen LogP contribution is -2.41. The van der Waals surface area contributed by atoms with E-state index in [1.54, 1.807) is 12.1 Å². The highest BCUT2D eigenvalue weighted by molar-refractivity contribution is 7.92. The van der Waals surface area contributed by atoms with Gasteiger partial charge in [-0.3, -0.25) is 9.10 Å². The summed E-state index contributed by atoms with van der Waals surface area (Å²) in [6.07, 6.45) is 1.83. The van der Waals surface area contributed by atoms with Gasteiger partial charge < -0.3 is 5.32 Å². The molecule has 0 spiro atoms. The van der Waals surface area contributed by atoms with E-state index in [4.69, 9.17) is 0 Å². The fraction of sp³-hybridized carbons (Fsp3) is 0.409. The molecule has 2 aromatic rings. The SMILES string of the molecule is CCC(NC(=O)CN(c1ccc(C(C)(C)C)cc1)S(C)(=O)=O)c1ccccc1. The lowest BCUT2D eigenvalue weighted by Gasteiger charge is -2.25. The zero-order chi connectivity index (χ0) is 20.9. The van der Waals surface area contributed by atoms with Crippen LogP contribution in [0.2, 0.25) is 0 Å². The van der Waals surface area contributed by atoms with Crippen LogP contribution in [-0.4, -0.2) is 27.1 Å². The summed E-state index contributed by atoms with van der Waals surface area (Å²) in [5.74, 6) is -0.332. The Bertz CT molecular complexity index is 886. The van der Waals surface area contributed by atoms with Crippen molar-refractivity contribution in [2.24, 2.45) is 0 Å². The third kappa shape index (κ3) is 5.83. The molecule has 0 fully saturated rings. The van der Waals surface area contributed by atoms with E-state index in [-0.39, 0.29) is 23.9 Å². The number of benzene rings is 2. The molecule has 152 valence electrons. The van der Waals surface area contributed by atoms with Gasteiger partial charge >= 0.3 is 0 Å². The molecular weight excluding hydrogens is 372 g/mol. The molecule has 2 aromatic carbocycles. The fourth-order valence-electron chi connectivity index (χ4n) is 3.00. The fourth-order valence-corrected chi connectivity index (χ4v) is 3.86. The number of anilines is 1. The Labute approximate surface area is 168 Å². The average Bonchev–Trinajstić information content (AvgIpc) is 2.63. The Hall–Kier alpha value is -2.34. The van der Waals surface area contributed by atoms with Crippen LogP contribution in [0.1, 0.15) is 51.3 Å². The summed E-state index contributed by atoms with van der Waals surface area (Å²) in [7, 11) is -3.60. The Morgan fingerprint density at radius 2 is 1.61 bits per heavy atom. The van der Waals surface area contributed by atoms with Crippen molar-refractivity contribution >= 4 is 21.6 Å². The topological polar surface area (TPSA) is 66.5 Å². The molecule has 1 unspecified atom stereocenters. The highest BCUT2D eigenvalue weighted by atomic mass is 32.2. The third-order valence-corrected chi connectivity index (χ3v) is 5.79. The summed E-state index contributed by atoms with van der Waals surface area (Å²) in [4.78, 5) is 12.6. The molecule has 0 aliphatic heterocycles. The molecule has 0 saturated heterocycles. The normalized spacial score (nSPS) is 13.0. The molecule has 0 radical (unpaired) electrons. The van der Waals surface area contributed by atoms with Gasteiger partial charge in [-0.05, 0) is 35.1 Å². The summed E-state index contributed by atoms with van der Waals surface area (Å²) in [6.45, 7) is 8.02. The number of carbonyl (C=O) groups is 1. The Morgan fingerprint density at radius 1 is 1.04 bits per heavy atom. The van der Waals surface area contributed by atoms with E-state index in [0.29, 0.717) is 5.69 Å². The first kappa shape index (κ1) is 22.0. The molecule has 28 heavy (non-hydrogen) atoms. The zero-order valence-corrected chi connectivity index (χ0v) is 18.1. The maximum absolute atomic E-state index is 12.6. The van der Waals surface area contributed by atoms with Gasteiger partial charge in [0.05, 0.1) is 18.0 Å². The van der Waals surface area contributed by atoms with Crippen molar-refractivity contribution in [3.63, 3.8) is 0 Å². The second-order valence-electron chi connectivity index (χ2n) is 8.01. The zero-order valence-electron chi connectivity index (χ0n) is 17.3. The summed E-state index contributed by atoms with van der Waals surface area (Å²) >= 11 is 0. The van der Waals surface area contributed by atoms with E-state index >= 15 is 0 Å². The molecule has 6 heteroatoms. The minimum absolute atomic E-state index is 0.0319. The number of carbonyl (C=O) groups excluding carboxylic acids is 1. The van der Waals surface area contributed by atoms with Gasteiger partial charge in [0, 0.05) is 0 Å². The van der Waals surface area contributed by atoms with E-state index < -0.39 is 10.0 Å². The van der Waals surface area contributed by atoms with Crippen LogP contribution in [0.4, 0.5) is 5.69 Å². The van der Waals surface area contributed by atoms with Crippen LogP contribution in [0.5, 0.6) is 0 Å². The second kappa shape index (κ2) is 8.78. The van der Waals surface area contributed by atoms with Crippen LogP contribution in [-0.2, 0) is 20.2 Å². The smallest absolute Gasteiger partial charge is 0.241 e. The predicted molar refractivity (Wildman–Crippen MR) is 115 cm³/mol. The number of rotatable bonds is 7. The van der Waals surface area contributed by atoms with Gasteiger partial charge in [0.2, 0.25) is 15.9 Å². The van der Waals surface area contributed by atoms with E-state index in [0.717, 1.165) is 28.1 Å². The lowest BCUT2D eigenvalue weighted by molar-refractivity contribution is -0.120. The summed E-state index contributed by atoms with van der Waals surface area (Å²) < 4.78 is 25.8. The molecule has 0 heterocycles. The highest BCUT2D eigenvalue weighted by Crippen LogP contribution is 2.26. The van der Waals surface area contributed by atoms with Crippen molar-refractivity contribution in [2.75, 3.05) is 17.1 Å². The molecule has 0 aromatic heterocycles. The predicted octanol–water partition coefficient (Wildman–Crippen LogP) is 4.02. The first-order valence-corrected chi connectivity index (χ1v) is 11.3. The quantitative estimate of drug-likeness (QED) is 0.761. The monoisotopic (exact) mass is 402 g/mol. The van der Waals surface area contributed by atoms with Crippen LogP contribution >= 0.6 is 0 Å². The molecule has 2 rings (SSSR count). The van der Waals surface area contributed by atoms with Crippen molar-refractivity contribution in [2.45, 2.75) is 45.6 Å². The maximum Gasteiger partial charge on any atom is 0.241 e. The Balaban J connectivity index is 2.19. The van der Waals surface area contributed by atoms with Crippen molar-refractivity contribution in [1.82, 2.24) is 5.32 Å². The van der Waals surface area contributed by atoms with E-state index in [2.05, 4.69) is 26.1 Å². The van der Waals surface area contributed by atoms with Crippen LogP contribution in [0, 0.1) is 0 Å². The van der Waals surface area contributed by atoms with E-state index in [9.17, 15) is 13.2 Å². The highest BCUT2D eigenvalue weighted by Gasteiger charge is 2.23. The molecule has 1 atom stereocenters. The summed E-state index contributed by atoms with van der Waals surface area (Å²) in [5.41, 5.74) is 2.55. The van der Waals surface area contributed by atoms with Gasteiger partial charge in [-0.15, -0.1) is 0 Å². The van der Waals surface area contributed by atoms with Gasteiger partial charge in [-0.1, -0.05) is 70.2 Å². The van der Waals surface area contributed by atoms with E-state index in [1.165, 1.54) is 0 Å². The van der Waals surface area contributed by atoms with Gasteiger partial charge in [0.1, 0.15) is 6.54 Å². The van der Waals surface area contributed by atoms with Crippen molar-refractivity contribution in [3.05, 3.63) is 65.7 Å². The van der Waals surface area contributed by atoms with Crippen molar-refractivity contribution < 1.29 is 13.2 Å². The number of amides is 1. The Kier molecular flexibility index (Phi) is 6.88. The largest absolute Gasteiger partial charge is 0.348 e. The lowest BCUT2D eigenvalue weighted by atomic mass is 9.87. The first-order valence-electron chi connectivity index (χ1n) is 9.45. The van der Waals surface area contributed by atoms with Gasteiger partial charge in [-0.25, -0.2) is 8.42 Å². The van der Waals surface area contributed by atoms with Gasteiger partial charge in [0.25, 0.3) is 0 Å². The number of sulfonamides is 1. The molecule has 0 saturated carbocycles. The number of hydrogen-bond acceptors (Lipinski definition) is 3. The van der Waals surface area contributed by atoms with Crippen molar-refractivity contribution in [3.8, 4) is 0 Å². The standard InChI is InChI=1S/C22H30N2O3S/c1-6-20(17-10-8-7-9-11-17)23-21(25)16-24(28(5,26)27)19-14-12-18(13-15-19)22(2,3)4/h7-15,20H,6,16H2,1-5H3,(H,23,25). The third-order valence-electron chi connectivity index (χ3n) is 4.65. The maximum atomic E-state index is 12.6. The molecule has 0 bridgehead atoms. The minimum atomic E-state index is -3.60. The first-order chi connectivity index (χ1) is 13.0. The summed E-state index contributed by atoms with van der Waals surface area (Å²) in [5, 5.41) is 2.95. The molecule has 1 amide bonds. The molecule has 0 aliphatic carbocycles. The Morgan fingerprint density at radius 3 is 2.07 bits per heavy atom. The molecule has 5 nitrogen and oxygen atoms in total. The minimum Gasteiger partial charge on any atom is -0.348 e. The van der Waals surface area contributed by atoms with E-state index in [1.807, 2.05) is 49.4 Å². The van der Waals surface area contributed by atoms with Gasteiger partial charge in [-0.2, -0.15) is 0 Å². The second-order valence-corrected chi connectivity index (χ2v) is 9.91. The van der Waals surface area contributed by atoms with Crippen LogP contribution < -0.4 is 9.62 Å². The summed E-state index contributed by atoms with van der Waals surface area (Å²) in [6, 6.07) is 16.8. The molecule has 1 N–H and O–H groups in total. The molecular formula is C22H30N2O3S. The average molecular weight is 403 g/mol. The number of nitrogens with zero attached hydrogens (tertiary/aromatic N) is 1. The number of nitrogens with one attached hydrogen (secondary N) is 1. The van der Waals surface area contributed by atoms with Crippen LogP contribution in [0.25, 0.3) is 0 Å². The van der Waals surface area contributed by atoms with Crippen LogP contribution in [0.15, 0.2) is 54.6 Å². The van der Waals surface area contributed by atoms with Crippen molar-refractivity contribution in [1.29, 1.82) is 0 Å². The van der Waals surface area contributed by atoms with Crippen LogP contribution in [0.3, 0.4) is 0 Å². The number of hydrogen-bond donors (Lipinski definition) is 1. The molecule has 0 aliphatic rings. The van der Waals surface area contributed by atoms with Gasteiger partial charge in [0.15, 0.2) is 0 Å².